The first-order chi connectivity index (χ1) is 10.7. The second-order valence-electron chi connectivity index (χ2n) is 4.78. The molecule has 1 heterocycles. The molecule has 5 heteroatoms. The molecule has 2 aromatic carbocycles. The van der Waals surface area contributed by atoms with Gasteiger partial charge < -0.3 is 10.6 Å². The highest BCUT2D eigenvalue weighted by atomic mass is 79.9. The molecular formula is C17H15BrN4. The first-order valence-corrected chi connectivity index (χ1v) is 7.70. The Morgan fingerprint density at radius 3 is 1.91 bits per heavy atom. The van der Waals surface area contributed by atoms with E-state index in [2.05, 4.69) is 36.5 Å². The van der Waals surface area contributed by atoms with Gasteiger partial charge in [0.15, 0.2) is 5.82 Å². The summed E-state index contributed by atoms with van der Waals surface area (Å²) in [4.78, 5) is 9.00. The summed E-state index contributed by atoms with van der Waals surface area (Å²) in [6, 6.07) is 19.8. The highest BCUT2D eigenvalue weighted by molar-refractivity contribution is 9.10. The van der Waals surface area contributed by atoms with Gasteiger partial charge in [0.25, 0.3) is 0 Å². The molecule has 0 spiro atoms. The lowest BCUT2D eigenvalue weighted by Crippen LogP contribution is -2.03. The third-order valence-corrected chi connectivity index (χ3v) is 4.03. The summed E-state index contributed by atoms with van der Waals surface area (Å²) in [5.41, 5.74) is 2.80. The second kappa shape index (κ2) is 6.58. The molecule has 4 nitrogen and oxygen atoms in total. The number of para-hydroxylation sites is 2. The van der Waals surface area contributed by atoms with E-state index in [1.807, 2.05) is 67.6 Å². The fraction of sp³-hybridized carbons (Fsp3) is 0.0588. The van der Waals surface area contributed by atoms with Crippen LogP contribution >= 0.6 is 15.9 Å². The summed E-state index contributed by atoms with van der Waals surface area (Å²) >= 11 is 3.54. The van der Waals surface area contributed by atoms with E-state index < -0.39 is 0 Å². The Hall–Kier alpha value is -2.40. The predicted octanol–water partition coefficient (Wildman–Crippen LogP) is 5.03. The number of nitrogens with one attached hydrogen (secondary N) is 2. The standard InChI is InChI=1S/C17H15BrN4/c1-12-15(18)16(20-13-8-4-2-5-9-13)22-17(19-12)21-14-10-6-3-7-11-14/h2-11H,1H3,(H2,19,20,21,22). The number of hydrogen-bond acceptors (Lipinski definition) is 4. The zero-order valence-electron chi connectivity index (χ0n) is 12.0. The Kier molecular flexibility index (Phi) is 4.34. The summed E-state index contributed by atoms with van der Waals surface area (Å²) in [5.74, 6) is 1.29. The van der Waals surface area contributed by atoms with Crippen molar-refractivity contribution < 1.29 is 0 Å². The molecule has 0 amide bonds. The van der Waals surface area contributed by atoms with Crippen molar-refractivity contribution in [2.24, 2.45) is 0 Å². The van der Waals surface area contributed by atoms with Gasteiger partial charge in [-0.3, -0.25) is 0 Å². The molecule has 0 saturated carbocycles. The second-order valence-corrected chi connectivity index (χ2v) is 5.57. The largest absolute Gasteiger partial charge is 0.339 e. The molecule has 2 N–H and O–H groups in total. The van der Waals surface area contributed by atoms with Gasteiger partial charge in [-0.2, -0.15) is 4.98 Å². The molecule has 0 bridgehead atoms. The molecule has 0 fully saturated rings. The fourth-order valence-corrected chi connectivity index (χ4v) is 2.28. The number of aryl methyl sites for hydroxylation is 1. The molecule has 0 radical (unpaired) electrons. The summed E-state index contributed by atoms with van der Waals surface area (Å²) in [6.07, 6.45) is 0. The lowest BCUT2D eigenvalue weighted by molar-refractivity contribution is 1.09. The average Bonchev–Trinajstić information content (AvgIpc) is 2.54. The van der Waals surface area contributed by atoms with Crippen LogP contribution in [0.4, 0.5) is 23.1 Å². The monoisotopic (exact) mass is 354 g/mol. The first-order valence-electron chi connectivity index (χ1n) is 6.90. The predicted molar refractivity (Wildman–Crippen MR) is 93.9 cm³/mol. The van der Waals surface area contributed by atoms with Crippen LogP contribution in [0.1, 0.15) is 5.69 Å². The zero-order chi connectivity index (χ0) is 15.4. The molecule has 0 aliphatic carbocycles. The van der Waals surface area contributed by atoms with Crippen molar-refractivity contribution in [2.75, 3.05) is 10.6 Å². The Bertz CT molecular complexity index is 760. The van der Waals surface area contributed by atoms with Gasteiger partial charge in [-0.15, -0.1) is 0 Å². The van der Waals surface area contributed by atoms with Crippen molar-refractivity contribution in [1.82, 2.24) is 9.97 Å². The van der Waals surface area contributed by atoms with Crippen molar-refractivity contribution in [3.05, 3.63) is 70.8 Å². The van der Waals surface area contributed by atoms with Crippen molar-refractivity contribution in [3.8, 4) is 0 Å². The average molecular weight is 355 g/mol. The summed E-state index contributed by atoms with van der Waals surface area (Å²) < 4.78 is 0.856. The SMILES string of the molecule is Cc1nc(Nc2ccccc2)nc(Nc2ccccc2)c1Br. The van der Waals surface area contributed by atoms with Gasteiger partial charge in [0, 0.05) is 11.4 Å². The fourth-order valence-electron chi connectivity index (χ4n) is 2.01. The molecule has 3 aromatic rings. The first kappa shape index (κ1) is 14.5. The van der Waals surface area contributed by atoms with Gasteiger partial charge in [-0.1, -0.05) is 36.4 Å². The van der Waals surface area contributed by atoms with Crippen molar-refractivity contribution in [1.29, 1.82) is 0 Å². The Morgan fingerprint density at radius 2 is 1.32 bits per heavy atom. The van der Waals surface area contributed by atoms with Gasteiger partial charge in [0.1, 0.15) is 0 Å². The van der Waals surface area contributed by atoms with Crippen molar-refractivity contribution in [2.45, 2.75) is 6.92 Å². The topological polar surface area (TPSA) is 49.8 Å². The molecule has 110 valence electrons. The van der Waals surface area contributed by atoms with Crippen LogP contribution in [0, 0.1) is 6.92 Å². The van der Waals surface area contributed by atoms with E-state index in [1.165, 1.54) is 0 Å². The van der Waals surface area contributed by atoms with Gasteiger partial charge >= 0.3 is 0 Å². The zero-order valence-corrected chi connectivity index (χ0v) is 13.6. The quantitative estimate of drug-likeness (QED) is 0.689. The number of anilines is 4. The summed E-state index contributed by atoms with van der Waals surface area (Å²) in [7, 11) is 0. The van der Waals surface area contributed by atoms with Crippen LogP contribution in [0.15, 0.2) is 65.1 Å². The lowest BCUT2D eigenvalue weighted by Gasteiger charge is -2.12. The molecule has 1 aromatic heterocycles. The number of hydrogen-bond donors (Lipinski definition) is 2. The van der Waals surface area contributed by atoms with E-state index >= 15 is 0 Å². The van der Waals surface area contributed by atoms with E-state index in [0.29, 0.717) is 5.95 Å². The maximum Gasteiger partial charge on any atom is 0.229 e. The number of benzene rings is 2. The minimum atomic E-state index is 0.560. The number of nitrogens with zero attached hydrogens (tertiary/aromatic N) is 2. The van der Waals surface area contributed by atoms with Crippen LogP contribution in [-0.4, -0.2) is 9.97 Å². The molecule has 0 unspecified atom stereocenters. The van der Waals surface area contributed by atoms with Gasteiger partial charge in [-0.05, 0) is 47.1 Å². The smallest absolute Gasteiger partial charge is 0.229 e. The number of aromatic nitrogens is 2. The summed E-state index contributed by atoms with van der Waals surface area (Å²) in [6.45, 7) is 1.94. The number of halogens is 1. The minimum Gasteiger partial charge on any atom is -0.339 e. The molecule has 22 heavy (non-hydrogen) atoms. The minimum absolute atomic E-state index is 0.560. The van der Waals surface area contributed by atoms with Crippen molar-refractivity contribution >= 4 is 39.1 Å². The third kappa shape index (κ3) is 3.43. The van der Waals surface area contributed by atoms with E-state index in [-0.39, 0.29) is 0 Å². The highest BCUT2D eigenvalue weighted by Crippen LogP contribution is 2.28. The maximum absolute atomic E-state index is 4.54. The molecule has 0 aliphatic rings. The van der Waals surface area contributed by atoms with Gasteiger partial charge in [0.05, 0.1) is 10.2 Å². The Morgan fingerprint density at radius 1 is 0.773 bits per heavy atom. The van der Waals surface area contributed by atoms with Crippen LogP contribution in [0.25, 0.3) is 0 Å². The van der Waals surface area contributed by atoms with Gasteiger partial charge in [0.2, 0.25) is 5.95 Å². The normalized spacial score (nSPS) is 10.3. The molecule has 3 rings (SSSR count). The highest BCUT2D eigenvalue weighted by Gasteiger charge is 2.10. The third-order valence-electron chi connectivity index (χ3n) is 3.08. The van der Waals surface area contributed by atoms with E-state index in [4.69, 9.17) is 0 Å². The Labute approximate surface area is 137 Å². The van der Waals surface area contributed by atoms with Crippen LogP contribution in [0.5, 0.6) is 0 Å². The lowest BCUT2D eigenvalue weighted by atomic mass is 10.3. The number of rotatable bonds is 4. The van der Waals surface area contributed by atoms with Crippen molar-refractivity contribution in [3.63, 3.8) is 0 Å². The molecule has 0 saturated heterocycles. The van der Waals surface area contributed by atoms with E-state index in [9.17, 15) is 0 Å². The molecule has 0 atom stereocenters. The molecule has 0 aliphatic heterocycles. The van der Waals surface area contributed by atoms with Crippen LogP contribution in [0.3, 0.4) is 0 Å². The molecular weight excluding hydrogens is 340 g/mol. The van der Waals surface area contributed by atoms with Gasteiger partial charge in [-0.25, -0.2) is 4.98 Å². The van der Waals surface area contributed by atoms with Crippen LogP contribution in [0.2, 0.25) is 0 Å². The van der Waals surface area contributed by atoms with E-state index in [1.54, 1.807) is 0 Å². The van der Waals surface area contributed by atoms with Crippen LogP contribution < -0.4 is 10.6 Å². The Balaban J connectivity index is 1.90. The maximum atomic E-state index is 4.54. The van der Waals surface area contributed by atoms with Crippen LogP contribution in [-0.2, 0) is 0 Å². The van der Waals surface area contributed by atoms with E-state index in [0.717, 1.165) is 27.4 Å². The summed E-state index contributed by atoms with van der Waals surface area (Å²) in [5, 5.41) is 6.52.